The second-order valence-electron chi connectivity index (χ2n) is 8.11. The molecule has 0 radical (unpaired) electrons. The van der Waals surface area contributed by atoms with Crippen LogP contribution in [0.2, 0.25) is 0 Å². The number of alkyl halides is 3. The lowest BCUT2D eigenvalue weighted by Crippen LogP contribution is -2.19. The number of fused-ring (bicyclic) bond motifs is 1. The average Bonchev–Trinajstić information content (AvgIpc) is 3.15. The number of ether oxygens (including phenoxy) is 1. The van der Waals surface area contributed by atoms with Gasteiger partial charge in [-0.05, 0) is 59.6 Å². The lowest BCUT2D eigenvalue weighted by molar-refractivity contribution is -0.154. The quantitative estimate of drug-likeness (QED) is 0.575. The maximum Gasteiger partial charge on any atom is 0.422 e. The number of nitrogens with zero attached hydrogens (tertiary/aromatic N) is 5. The van der Waals surface area contributed by atoms with Crippen LogP contribution in [0.4, 0.5) is 13.2 Å². The molecular weight excluding hydrogens is 407 g/mol. The fourth-order valence-electron chi connectivity index (χ4n) is 4.11. The molecule has 0 bridgehead atoms. The molecule has 6 nitrogen and oxygen atoms in total. The van der Waals surface area contributed by atoms with E-state index in [-0.39, 0.29) is 11.8 Å². The fourth-order valence-corrected chi connectivity index (χ4v) is 4.11. The fraction of sp³-hybridized carbons (Fsp3) is 0.500. The Kier molecular flexibility index (Phi) is 6.02. The molecule has 0 amide bonds. The molecule has 1 aliphatic carbocycles. The van der Waals surface area contributed by atoms with E-state index in [4.69, 9.17) is 9.72 Å². The normalized spacial score (nSPS) is 16.3. The molecule has 2 aromatic rings. The summed E-state index contributed by atoms with van der Waals surface area (Å²) in [6.45, 7) is 3.13. The molecule has 0 saturated heterocycles. The van der Waals surface area contributed by atoms with Crippen molar-refractivity contribution in [3.05, 3.63) is 40.8 Å². The Morgan fingerprint density at radius 1 is 1.10 bits per heavy atom. The standard InChI is InChI=1S/C22H24F3N5O/c1-13(2)21-20(17-11-27-30-29-17)19(15-6-4-3-5-7-16(15)28-21)14-8-9-26-18(10-14)31-12-22(23,24)25/h8-10,13H,3-7,11-12H2,1-2H3. The van der Waals surface area contributed by atoms with Crippen LogP contribution in [0.3, 0.4) is 0 Å². The SMILES string of the molecule is CC(C)c1nc2c(c(-c3ccnc(OCC(F)(F)F)c3)c1C1=NN=NC1)CCCCC2. The second kappa shape index (κ2) is 8.72. The van der Waals surface area contributed by atoms with Gasteiger partial charge in [-0.15, -0.1) is 5.10 Å². The van der Waals surface area contributed by atoms with E-state index in [1.54, 1.807) is 12.1 Å². The minimum absolute atomic E-state index is 0.0613. The van der Waals surface area contributed by atoms with Gasteiger partial charge in [-0.25, -0.2) is 4.98 Å². The first-order chi connectivity index (χ1) is 14.8. The molecular formula is C22H24F3N5O. The zero-order chi connectivity index (χ0) is 22.0. The van der Waals surface area contributed by atoms with Crippen molar-refractivity contribution < 1.29 is 17.9 Å². The van der Waals surface area contributed by atoms with Crippen LogP contribution in [0, 0.1) is 0 Å². The van der Waals surface area contributed by atoms with Gasteiger partial charge in [-0.2, -0.15) is 18.3 Å². The number of aromatic nitrogens is 2. The molecule has 1 aliphatic heterocycles. The highest BCUT2D eigenvalue weighted by atomic mass is 19.4. The summed E-state index contributed by atoms with van der Waals surface area (Å²) in [7, 11) is 0. The summed E-state index contributed by atoms with van der Waals surface area (Å²) >= 11 is 0. The molecule has 0 fully saturated rings. The van der Waals surface area contributed by atoms with Gasteiger partial charge in [0, 0.05) is 23.5 Å². The van der Waals surface area contributed by atoms with Crippen molar-refractivity contribution in [1.82, 2.24) is 9.97 Å². The highest BCUT2D eigenvalue weighted by Crippen LogP contribution is 2.38. The molecule has 2 aromatic heterocycles. The molecule has 0 unspecified atom stereocenters. The molecule has 0 atom stereocenters. The maximum absolute atomic E-state index is 12.6. The van der Waals surface area contributed by atoms with Gasteiger partial charge in [0.2, 0.25) is 5.88 Å². The molecule has 0 N–H and O–H groups in total. The molecule has 31 heavy (non-hydrogen) atoms. The molecule has 164 valence electrons. The number of aryl methyl sites for hydroxylation is 1. The van der Waals surface area contributed by atoms with Gasteiger partial charge in [-0.3, -0.25) is 4.98 Å². The van der Waals surface area contributed by atoms with E-state index in [0.717, 1.165) is 71.5 Å². The summed E-state index contributed by atoms with van der Waals surface area (Å²) in [6, 6.07) is 3.38. The minimum Gasteiger partial charge on any atom is -0.468 e. The molecule has 0 aromatic carbocycles. The van der Waals surface area contributed by atoms with Crippen molar-refractivity contribution in [3.8, 4) is 17.0 Å². The third kappa shape index (κ3) is 4.75. The van der Waals surface area contributed by atoms with Gasteiger partial charge in [0.25, 0.3) is 0 Å². The Bertz CT molecular complexity index is 1030. The van der Waals surface area contributed by atoms with Crippen LogP contribution in [-0.2, 0) is 12.8 Å². The summed E-state index contributed by atoms with van der Waals surface area (Å²) in [6.07, 6.45) is 2.00. The molecule has 2 aliphatic rings. The predicted octanol–water partition coefficient (Wildman–Crippen LogP) is 5.65. The van der Waals surface area contributed by atoms with E-state index < -0.39 is 12.8 Å². The van der Waals surface area contributed by atoms with Crippen LogP contribution in [0.25, 0.3) is 11.1 Å². The van der Waals surface area contributed by atoms with Gasteiger partial charge in [0.05, 0.1) is 11.4 Å². The first-order valence-corrected chi connectivity index (χ1v) is 10.5. The lowest BCUT2D eigenvalue weighted by Gasteiger charge is -2.22. The van der Waals surface area contributed by atoms with Crippen LogP contribution in [0.5, 0.6) is 5.88 Å². The topological polar surface area (TPSA) is 72.1 Å². The lowest BCUT2D eigenvalue weighted by atomic mass is 9.86. The van der Waals surface area contributed by atoms with Crippen molar-refractivity contribution in [2.24, 2.45) is 15.4 Å². The zero-order valence-corrected chi connectivity index (χ0v) is 17.5. The van der Waals surface area contributed by atoms with Crippen molar-refractivity contribution >= 4 is 5.71 Å². The van der Waals surface area contributed by atoms with E-state index in [9.17, 15) is 13.2 Å². The zero-order valence-electron chi connectivity index (χ0n) is 17.5. The third-order valence-electron chi connectivity index (χ3n) is 5.44. The Hall–Kier alpha value is -2.84. The summed E-state index contributed by atoms with van der Waals surface area (Å²) in [5.41, 5.74) is 6.40. The number of halogens is 3. The minimum atomic E-state index is -4.43. The van der Waals surface area contributed by atoms with Crippen molar-refractivity contribution in [2.75, 3.05) is 13.2 Å². The average molecular weight is 431 g/mol. The first kappa shape index (κ1) is 21.4. The Morgan fingerprint density at radius 3 is 2.61 bits per heavy atom. The van der Waals surface area contributed by atoms with Crippen LogP contribution in [-0.4, -0.2) is 35.0 Å². The van der Waals surface area contributed by atoms with Crippen molar-refractivity contribution in [3.63, 3.8) is 0 Å². The smallest absolute Gasteiger partial charge is 0.422 e. The van der Waals surface area contributed by atoms with Crippen molar-refractivity contribution in [1.29, 1.82) is 0 Å². The van der Waals surface area contributed by atoms with Crippen LogP contribution in [0.1, 0.15) is 61.5 Å². The summed E-state index contributed by atoms with van der Waals surface area (Å²) in [5, 5.41) is 12.1. The molecule has 4 rings (SSSR count). The second-order valence-corrected chi connectivity index (χ2v) is 8.11. The monoisotopic (exact) mass is 431 g/mol. The Balaban J connectivity index is 1.90. The third-order valence-corrected chi connectivity index (χ3v) is 5.44. The maximum atomic E-state index is 12.6. The summed E-state index contributed by atoms with van der Waals surface area (Å²) < 4.78 is 42.9. The van der Waals surface area contributed by atoms with E-state index in [1.165, 1.54) is 6.20 Å². The molecule has 0 spiro atoms. The summed E-state index contributed by atoms with van der Waals surface area (Å²) in [4.78, 5) is 9.01. The Labute approximate surface area is 178 Å². The van der Waals surface area contributed by atoms with Crippen LogP contribution >= 0.6 is 0 Å². The first-order valence-electron chi connectivity index (χ1n) is 10.5. The largest absolute Gasteiger partial charge is 0.468 e. The van der Waals surface area contributed by atoms with E-state index in [0.29, 0.717) is 6.54 Å². The number of pyridine rings is 2. The molecule has 9 heteroatoms. The summed E-state index contributed by atoms with van der Waals surface area (Å²) in [5.74, 6) is 0.0715. The van der Waals surface area contributed by atoms with Gasteiger partial charge >= 0.3 is 6.18 Å². The van der Waals surface area contributed by atoms with Crippen molar-refractivity contribution in [2.45, 2.75) is 58.0 Å². The van der Waals surface area contributed by atoms with Gasteiger partial charge in [0.1, 0.15) is 6.54 Å². The van der Waals surface area contributed by atoms with Gasteiger partial charge < -0.3 is 4.74 Å². The predicted molar refractivity (Wildman–Crippen MR) is 111 cm³/mol. The molecule has 3 heterocycles. The number of rotatable bonds is 5. The van der Waals surface area contributed by atoms with Gasteiger partial charge in [-0.1, -0.05) is 20.3 Å². The van der Waals surface area contributed by atoms with Crippen LogP contribution < -0.4 is 4.74 Å². The Morgan fingerprint density at radius 2 is 1.90 bits per heavy atom. The van der Waals surface area contributed by atoms with Gasteiger partial charge in [0.15, 0.2) is 6.61 Å². The highest BCUT2D eigenvalue weighted by Gasteiger charge is 2.30. The highest BCUT2D eigenvalue weighted by molar-refractivity contribution is 6.09. The van der Waals surface area contributed by atoms with E-state index in [1.807, 2.05) is 0 Å². The van der Waals surface area contributed by atoms with E-state index >= 15 is 0 Å². The number of hydrogen-bond donors (Lipinski definition) is 0. The molecule has 0 saturated carbocycles. The number of hydrogen-bond acceptors (Lipinski definition) is 6. The van der Waals surface area contributed by atoms with Crippen LogP contribution in [0.15, 0.2) is 33.8 Å². The van der Waals surface area contributed by atoms with E-state index in [2.05, 4.69) is 34.3 Å².